The second-order valence-electron chi connectivity index (χ2n) is 7.87. The largest absolute Gasteiger partial charge is 0.497 e. The van der Waals surface area contributed by atoms with Gasteiger partial charge in [-0.2, -0.15) is 0 Å². The van der Waals surface area contributed by atoms with Gasteiger partial charge in [-0.15, -0.1) is 0 Å². The van der Waals surface area contributed by atoms with Crippen LogP contribution in [0.2, 0.25) is 0 Å². The summed E-state index contributed by atoms with van der Waals surface area (Å²) in [6.07, 6.45) is 4.68. The summed E-state index contributed by atoms with van der Waals surface area (Å²) in [6.45, 7) is 12.2. The lowest BCUT2D eigenvalue weighted by Gasteiger charge is -2.49. The van der Waals surface area contributed by atoms with E-state index in [1.165, 1.54) is 24.8 Å². The highest BCUT2D eigenvalue weighted by Gasteiger charge is 2.43. The van der Waals surface area contributed by atoms with E-state index < -0.39 is 0 Å². The molecule has 1 aromatic rings. The maximum absolute atomic E-state index is 6.09. The fraction of sp³-hybridized carbons (Fsp3) is 0.714. The lowest BCUT2D eigenvalue weighted by molar-refractivity contribution is -0.132. The van der Waals surface area contributed by atoms with Crippen LogP contribution in [-0.4, -0.2) is 25.9 Å². The van der Waals surface area contributed by atoms with E-state index in [1.807, 2.05) is 12.1 Å². The number of hydrogen-bond acceptors (Lipinski definition) is 3. The molecule has 2 unspecified atom stereocenters. The Morgan fingerprint density at radius 2 is 1.96 bits per heavy atom. The summed E-state index contributed by atoms with van der Waals surface area (Å²) in [5.41, 5.74) is 1.76. The van der Waals surface area contributed by atoms with Gasteiger partial charge in [0.2, 0.25) is 0 Å². The van der Waals surface area contributed by atoms with E-state index in [9.17, 15) is 0 Å². The molecule has 1 aliphatic heterocycles. The van der Waals surface area contributed by atoms with Gasteiger partial charge in [0.15, 0.2) is 0 Å². The second-order valence-corrected chi connectivity index (χ2v) is 7.87. The van der Waals surface area contributed by atoms with Gasteiger partial charge in [0.25, 0.3) is 0 Å². The Hall–Kier alpha value is -1.06. The first-order chi connectivity index (χ1) is 11.4. The zero-order valence-corrected chi connectivity index (χ0v) is 16.2. The van der Waals surface area contributed by atoms with Gasteiger partial charge in [-0.1, -0.05) is 32.9 Å². The van der Waals surface area contributed by atoms with Crippen molar-refractivity contribution in [3.8, 4) is 5.75 Å². The highest BCUT2D eigenvalue weighted by molar-refractivity contribution is 5.26. The third-order valence-electron chi connectivity index (χ3n) is 6.04. The van der Waals surface area contributed by atoms with E-state index in [0.717, 1.165) is 31.9 Å². The Bertz CT molecular complexity index is 499. The maximum atomic E-state index is 6.09. The van der Waals surface area contributed by atoms with Crippen LogP contribution in [-0.2, 0) is 11.3 Å². The Labute approximate surface area is 148 Å². The molecule has 1 N–H and O–H groups in total. The third kappa shape index (κ3) is 4.73. The van der Waals surface area contributed by atoms with Gasteiger partial charge in [0, 0.05) is 13.2 Å². The summed E-state index contributed by atoms with van der Waals surface area (Å²) < 4.78 is 11.3. The van der Waals surface area contributed by atoms with E-state index in [-0.39, 0.29) is 5.60 Å². The maximum Gasteiger partial charge on any atom is 0.118 e. The van der Waals surface area contributed by atoms with Crippen molar-refractivity contribution in [2.24, 2.45) is 11.3 Å². The Kier molecular flexibility index (Phi) is 6.70. The number of benzene rings is 1. The van der Waals surface area contributed by atoms with Crippen LogP contribution in [0.1, 0.15) is 58.9 Å². The zero-order valence-electron chi connectivity index (χ0n) is 16.2. The molecule has 1 aliphatic rings. The van der Waals surface area contributed by atoms with Gasteiger partial charge in [-0.3, -0.25) is 0 Å². The molecule has 0 radical (unpaired) electrons. The van der Waals surface area contributed by atoms with Gasteiger partial charge in [0.1, 0.15) is 5.75 Å². The summed E-state index contributed by atoms with van der Waals surface area (Å²) in [7, 11) is 1.70. The summed E-state index contributed by atoms with van der Waals surface area (Å²) in [6, 6.07) is 8.31. The molecule has 0 spiro atoms. The molecule has 0 aliphatic carbocycles. The third-order valence-corrected chi connectivity index (χ3v) is 6.04. The van der Waals surface area contributed by atoms with Gasteiger partial charge >= 0.3 is 0 Å². The molecule has 2 atom stereocenters. The minimum atomic E-state index is 0.0541. The molecule has 136 valence electrons. The highest BCUT2D eigenvalue weighted by Crippen LogP contribution is 2.47. The van der Waals surface area contributed by atoms with E-state index in [1.54, 1.807) is 7.11 Å². The summed E-state index contributed by atoms with van der Waals surface area (Å²) >= 11 is 0. The summed E-state index contributed by atoms with van der Waals surface area (Å²) in [4.78, 5) is 0. The number of methoxy groups -OCH3 is 1. The zero-order chi connectivity index (χ0) is 17.6. The molecule has 24 heavy (non-hydrogen) atoms. The molecule has 1 fully saturated rings. The molecule has 1 heterocycles. The summed E-state index contributed by atoms with van der Waals surface area (Å²) in [5, 5.41) is 3.63. The monoisotopic (exact) mass is 333 g/mol. The van der Waals surface area contributed by atoms with Crippen LogP contribution >= 0.6 is 0 Å². The Morgan fingerprint density at radius 1 is 1.25 bits per heavy atom. The minimum absolute atomic E-state index is 0.0541. The first-order valence-corrected chi connectivity index (χ1v) is 9.41. The van der Waals surface area contributed by atoms with Crippen LogP contribution in [0.4, 0.5) is 0 Å². The molecule has 2 rings (SSSR count). The topological polar surface area (TPSA) is 30.5 Å². The van der Waals surface area contributed by atoms with Crippen molar-refractivity contribution in [3.05, 3.63) is 29.8 Å². The van der Waals surface area contributed by atoms with E-state index >= 15 is 0 Å². The fourth-order valence-corrected chi connectivity index (χ4v) is 3.92. The number of hydrogen-bond donors (Lipinski definition) is 1. The van der Waals surface area contributed by atoms with Crippen molar-refractivity contribution in [2.45, 2.75) is 65.5 Å². The smallest absolute Gasteiger partial charge is 0.118 e. The Morgan fingerprint density at radius 3 is 2.54 bits per heavy atom. The molecule has 1 aromatic carbocycles. The SMILES string of the molecule is CCC1(C)CC(CCNCc2ccc(OC)cc2)(C(C)C)CCO1. The predicted octanol–water partition coefficient (Wildman–Crippen LogP) is 4.80. The van der Waals surface area contributed by atoms with Crippen molar-refractivity contribution in [1.82, 2.24) is 5.32 Å². The quantitative estimate of drug-likeness (QED) is 0.693. The van der Waals surface area contributed by atoms with Crippen molar-refractivity contribution in [3.63, 3.8) is 0 Å². The average Bonchev–Trinajstić information content (AvgIpc) is 2.59. The molecule has 0 aromatic heterocycles. The van der Waals surface area contributed by atoms with Gasteiger partial charge < -0.3 is 14.8 Å². The van der Waals surface area contributed by atoms with Gasteiger partial charge in [-0.25, -0.2) is 0 Å². The molecule has 1 saturated heterocycles. The molecule has 3 heteroatoms. The summed E-state index contributed by atoms with van der Waals surface area (Å²) in [5.74, 6) is 1.61. The van der Waals surface area contributed by atoms with Crippen molar-refractivity contribution < 1.29 is 9.47 Å². The van der Waals surface area contributed by atoms with Crippen LogP contribution in [0.15, 0.2) is 24.3 Å². The molecule has 0 saturated carbocycles. The molecule has 3 nitrogen and oxygen atoms in total. The van der Waals surface area contributed by atoms with E-state index in [0.29, 0.717) is 11.3 Å². The first-order valence-electron chi connectivity index (χ1n) is 9.41. The lowest BCUT2D eigenvalue weighted by atomic mass is 9.64. The molecular weight excluding hydrogens is 298 g/mol. The fourth-order valence-electron chi connectivity index (χ4n) is 3.92. The van der Waals surface area contributed by atoms with Crippen LogP contribution in [0.5, 0.6) is 5.75 Å². The van der Waals surface area contributed by atoms with Crippen molar-refractivity contribution >= 4 is 0 Å². The van der Waals surface area contributed by atoms with Crippen molar-refractivity contribution in [1.29, 1.82) is 0 Å². The van der Waals surface area contributed by atoms with Crippen molar-refractivity contribution in [2.75, 3.05) is 20.3 Å². The molecule has 0 bridgehead atoms. The first kappa shape index (κ1) is 19.3. The minimum Gasteiger partial charge on any atom is -0.497 e. The molecular formula is C21H35NO2. The normalized spacial score (nSPS) is 27.4. The number of ether oxygens (including phenoxy) is 2. The number of nitrogens with one attached hydrogen (secondary N) is 1. The lowest BCUT2D eigenvalue weighted by Crippen LogP contribution is -2.46. The van der Waals surface area contributed by atoms with Gasteiger partial charge in [0.05, 0.1) is 12.7 Å². The highest BCUT2D eigenvalue weighted by atomic mass is 16.5. The van der Waals surface area contributed by atoms with Gasteiger partial charge in [-0.05, 0) is 68.2 Å². The number of rotatable bonds is 8. The predicted molar refractivity (Wildman–Crippen MR) is 100 cm³/mol. The van der Waals surface area contributed by atoms with Crippen LogP contribution in [0.3, 0.4) is 0 Å². The average molecular weight is 334 g/mol. The van der Waals surface area contributed by atoms with E-state index in [4.69, 9.17) is 9.47 Å². The standard InChI is InChI=1S/C21H35NO2/c1-6-20(4)16-21(17(2)3,12-14-24-20)11-13-22-15-18-7-9-19(23-5)10-8-18/h7-10,17,22H,6,11-16H2,1-5H3. The second kappa shape index (κ2) is 8.35. The molecule has 0 amide bonds. The van der Waals surface area contributed by atoms with Crippen LogP contribution in [0, 0.1) is 11.3 Å². The van der Waals surface area contributed by atoms with Crippen LogP contribution < -0.4 is 10.1 Å². The van der Waals surface area contributed by atoms with Crippen LogP contribution in [0.25, 0.3) is 0 Å². The Balaban J connectivity index is 1.87. The van der Waals surface area contributed by atoms with E-state index in [2.05, 4.69) is 45.1 Å².